The summed E-state index contributed by atoms with van der Waals surface area (Å²) in [5.74, 6) is -0.747. The number of esters is 1. The van der Waals surface area contributed by atoms with Gasteiger partial charge in [-0.05, 0) is 70.6 Å². The summed E-state index contributed by atoms with van der Waals surface area (Å²) in [4.78, 5) is 23.1. The van der Waals surface area contributed by atoms with Gasteiger partial charge in [-0.1, -0.05) is 115 Å². The van der Waals surface area contributed by atoms with Crippen molar-refractivity contribution < 1.29 is 19.4 Å². The Morgan fingerprint density at radius 2 is 1.03 bits per heavy atom. The number of ether oxygens (including phenoxy) is 1. The molecule has 0 saturated carbocycles. The molecular weight excluding hydrogens is 472 g/mol. The van der Waals surface area contributed by atoms with Crippen LogP contribution >= 0.6 is 0 Å². The van der Waals surface area contributed by atoms with Gasteiger partial charge in [-0.25, -0.2) is 0 Å². The van der Waals surface area contributed by atoms with Gasteiger partial charge in [-0.3, -0.25) is 9.59 Å². The van der Waals surface area contributed by atoms with E-state index in [0.717, 1.165) is 70.6 Å². The molecule has 0 aliphatic carbocycles. The molecular formula is C34H62O4. The van der Waals surface area contributed by atoms with Crippen LogP contribution in [0.25, 0.3) is 0 Å². The van der Waals surface area contributed by atoms with Gasteiger partial charge in [-0.2, -0.15) is 0 Å². The van der Waals surface area contributed by atoms with Crippen molar-refractivity contribution in [2.24, 2.45) is 0 Å². The lowest BCUT2D eigenvalue weighted by molar-refractivity contribution is -0.150. The SMILES string of the molecule is CCCCCC/C=C\C/C=C\CCCCCCCC(=O)OC(CCCCCCC)CCCCCCC(=O)O. The third-order valence-corrected chi connectivity index (χ3v) is 7.18. The Balaban J connectivity index is 3.88. The van der Waals surface area contributed by atoms with Crippen LogP contribution in [0, 0.1) is 0 Å². The minimum absolute atomic E-state index is 0.0317. The lowest BCUT2D eigenvalue weighted by Gasteiger charge is -2.18. The minimum atomic E-state index is -0.715. The molecule has 222 valence electrons. The van der Waals surface area contributed by atoms with E-state index in [9.17, 15) is 9.59 Å². The molecule has 1 atom stereocenters. The molecule has 1 unspecified atom stereocenters. The Bertz CT molecular complexity index is 581. The molecule has 0 aliphatic rings. The number of hydrogen-bond donors (Lipinski definition) is 1. The number of carboxylic acid groups (broad SMARTS) is 1. The predicted octanol–water partition coefficient (Wildman–Crippen LogP) is 10.9. The molecule has 0 aromatic carbocycles. The Hall–Kier alpha value is -1.58. The van der Waals surface area contributed by atoms with E-state index in [1.54, 1.807) is 0 Å². The average Bonchev–Trinajstić information content (AvgIpc) is 2.89. The Morgan fingerprint density at radius 1 is 0.579 bits per heavy atom. The van der Waals surface area contributed by atoms with Crippen molar-refractivity contribution in [3.63, 3.8) is 0 Å². The molecule has 4 nitrogen and oxygen atoms in total. The van der Waals surface area contributed by atoms with Crippen molar-refractivity contribution in [1.82, 2.24) is 0 Å². The second kappa shape index (κ2) is 30.0. The Kier molecular flexibility index (Phi) is 28.7. The van der Waals surface area contributed by atoms with Crippen LogP contribution in [0.3, 0.4) is 0 Å². The van der Waals surface area contributed by atoms with Crippen molar-refractivity contribution in [3.05, 3.63) is 24.3 Å². The van der Waals surface area contributed by atoms with E-state index in [1.165, 1.54) is 77.0 Å². The first-order valence-electron chi connectivity index (χ1n) is 16.3. The minimum Gasteiger partial charge on any atom is -0.481 e. The standard InChI is InChI=1S/C34H62O4/c1-3-5-7-9-10-11-12-13-14-15-16-17-18-19-21-27-31-34(37)38-32(28-24-20-8-6-4-2)29-25-22-23-26-30-33(35)36/h11-12,14-15,32H,3-10,13,16-31H2,1-2H3,(H,35,36)/b12-11-,15-14-. The molecule has 0 rings (SSSR count). The fourth-order valence-electron chi connectivity index (χ4n) is 4.74. The molecule has 0 saturated heterocycles. The number of hydrogen-bond acceptors (Lipinski definition) is 3. The average molecular weight is 535 g/mol. The van der Waals surface area contributed by atoms with E-state index in [1.807, 2.05) is 0 Å². The highest BCUT2D eigenvalue weighted by molar-refractivity contribution is 5.69. The fraction of sp³-hybridized carbons (Fsp3) is 0.824. The lowest BCUT2D eigenvalue weighted by Crippen LogP contribution is -2.18. The molecule has 0 heterocycles. The molecule has 0 aliphatic heterocycles. The van der Waals surface area contributed by atoms with Crippen LogP contribution in [0.1, 0.15) is 174 Å². The molecule has 0 aromatic rings. The molecule has 0 amide bonds. The number of carboxylic acids is 1. The smallest absolute Gasteiger partial charge is 0.306 e. The van der Waals surface area contributed by atoms with Crippen LogP contribution in [0.2, 0.25) is 0 Å². The van der Waals surface area contributed by atoms with E-state index < -0.39 is 5.97 Å². The number of carbonyl (C=O) groups excluding carboxylic acids is 1. The van der Waals surface area contributed by atoms with Gasteiger partial charge in [0.2, 0.25) is 0 Å². The van der Waals surface area contributed by atoms with Gasteiger partial charge in [0.1, 0.15) is 6.10 Å². The van der Waals surface area contributed by atoms with Crippen LogP contribution in [0.4, 0.5) is 0 Å². The molecule has 4 heteroatoms. The summed E-state index contributed by atoms with van der Waals surface area (Å²) in [6.07, 6.45) is 36.2. The number of aliphatic carboxylic acids is 1. The quantitative estimate of drug-likeness (QED) is 0.0589. The van der Waals surface area contributed by atoms with Crippen molar-refractivity contribution in [3.8, 4) is 0 Å². The highest BCUT2D eigenvalue weighted by Crippen LogP contribution is 2.18. The van der Waals surface area contributed by atoms with Gasteiger partial charge < -0.3 is 9.84 Å². The summed E-state index contributed by atoms with van der Waals surface area (Å²) >= 11 is 0. The maximum absolute atomic E-state index is 12.4. The normalized spacial score (nSPS) is 12.5. The second-order valence-electron chi connectivity index (χ2n) is 11.0. The molecule has 38 heavy (non-hydrogen) atoms. The Labute approximate surface area is 236 Å². The van der Waals surface area contributed by atoms with Gasteiger partial charge in [-0.15, -0.1) is 0 Å². The second-order valence-corrected chi connectivity index (χ2v) is 11.0. The molecule has 0 fully saturated rings. The molecule has 0 bridgehead atoms. The van der Waals surface area contributed by atoms with Gasteiger partial charge in [0, 0.05) is 12.8 Å². The fourth-order valence-corrected chi connectivity index (χ4v) is 4.74. The largest absolute Gasteiger partial charge is 0.481 e. The zero-order valence-electron chi connectivity index (χ0n) is 25.2. The zero-order valence-corrected chi connectivity index (χ0v) is 25.2. The summed E-state index contributed by atoms with van der Waals surface area (Å²) in [5, 5.41) is 8.76. The summed E-state index contributed by atoms with van der Waals surface area (Å²) in [6, 6.07) is 0. The lowest BCUT2D eigenvalue weighted by atomic mass is 10.0. The highest BCUT2D eigenvalue weighted by Gasteiger charge is 2.14. The molecule has 1 N–H and O–H groups in total. The third kappa shape index (κ3) is 29.0. The first-order valence-corrected chi connectivity index (χ1v) is 16.3. The van der Waals surface area contributed by atoms with Gasteiger partial charge in [0.15, 0.2) is 0 Å². The third-order valence-electron chi connectivity index (χ3n) is 7.18. The van der Waals surface area contributed by atoms with Gasteiger partial charge in [0.25, 0.3) is 0 Å². The molecule has 0 spiro atoms. The van der Waals surface area contributed by atoms with E-state index in [4.69, 9.17) is 9.84 Å². The maximum atomic E-state index is 12.4. The number of unbranched alkanes of at least 4 members (excludes halogenated alkanes) is 16. The number of rotatable bonds is 29. The van der Waals surface area contributed by atoms with Crippen molar-refractivity contribution >= 4 is 11.9 Å². The van der Waals surface area contributed by atoms with Crippen LogP contribution in [0.15, 0.2) is 24.3 Å². The summed E-state index contributed by atoms with van der Waals surface area (Å²) < 4.78 is 5.88. The van der Waals surface area contributed by atoms with Gasteiger partial charge >= 0.3 is 11.9 Å². The van der Waals surface area contributed by atoms with Gasteiger partial charge in [0.05, 0.1) is 0 Å². The molecule has 0 radical (unpaired) electrons. The summed E-state index contributed by atoms with van der Waals surface area (Å²) in [7, 11) is 0. The highest BCUT2D eigenvalue weighted by atomic mass is 16.5. The van der Waals surface area contributed by atoms with E-state index in [-0.39, 0.29) is 18.5 Å². The van der Waals surface area contributed by atoms with Crippen molar-refractivity contribution in [1.29, 1.82) is 0 Å². The van der Waals surface area contributed by atoms with E-state index in [0.29, 0.717) is 6.42 Å². The van der Waals surface area contributed by atoms with Crippen LogP contribution in [-0.4, -0.2) is 23.1 Å². The topological polar surface area (TPSA) is 63.6 Å². The zero-order chi connectivity index (χ0) is 27.9. The molecule has 0 aromatic heterocycles. The van der Waals surface area contributed by atoms with E-state index >= 15 is 0 Å². The van der Waals surface area contributed by atoms with Crippen molar-refractivity contribution in [2.45, 2.75) is 180 Å². The Morgan fingerprint density at radius 3 is 1.58 bits per heavy atom. The van der Waals surface area contributed by atoms with Crippen LogP contribution in [-0.2, 0) is 14.3 Å². The monoisotopic (exact) mass is 534 g/mol. The van der Waals surface area contributed by atoms with Crippen LogP contribution in [0.5, 0.6) is 0 Å². The summed E-state index contributed by atoms with van der Waals surface area (Å²) in [5.41, 5.74) is 0. The predicted molar refractivity (Wildman–Crippen MR) is 163 cm³/mol. The first-order chi connectivity index (χ1) is 18.6. The number of allylic oxidation sites excluding steroid dienone is 4. The summed E-state index contributed by atoms with van der Waals surface area (Å²) in [6.45, 7) is 4.48. The first kappa shape index (κ1) is 36.4. The van der Waals surface area contributed by atoms with Crippen molar-refractivity contribution in [2.75, 3.05) is 0 Å². The van der Waals surface area contributed by atoms with Crippen LogP contribution < -0.4 is 0 Å². The maximum Gasteiger partial charge on any atom is 0.306 e. The van der Waals surface area contributed by atoms with E-state index in [2.05, 4.69) is 38.2 Å². The number of carbonyl (C=O) groups is 2.